The van der Waals surface area contributed by atoms with Crippen molar-refractivity contribution in [3.63, 3.8) is 0 Å². The maximum Gasteiger partial charge on any atom is 0.123 e. The Balaban J connectivity index is 1.35. The molecule has 0 aromatic heterocycles. The van der Waals surface area contributed by atoms with Crippen LogP contribution in [-0.4, -0.2) is 48.6 Å². The highest BCUT2D eigenvalue weighted by Crippen LogP contribution is 2.27. The molecule has 0 amide bonds. The molecule has 4 rings (SSSR count). The van der Waals surface area contributed by atoms with E-state index in [9.17, 15) is 4.39 Å². The van der Waals surface area contributed by atoms with Crippen molar-refractivity contribution in [1.82, 2.24) is 9.80 Å². The standard InChI is InChI=1S/C25H33FN2O/c26-23-13-11-21(12-14-23)19-29-20-25(22-7-3-1-4-8-22)28-17-15-27(16-18-28)24-9-5-2-6-10-24/h1,3-4,7-8,11-14,24-25H,2,5-6,9-10,15-20H2. The molecular formula is C25H33FN2O. The van der Waals surface area contributed by atoms with Gasteiger partial charge in [-0.05, 0) is 36.1 Å². The van der Waals surface area contributed by atoms with Gasteiger partial charge in [0.2, 0.25) is 0 Å². The van der Waals surface area contributed by atoms with Gasteiger partial charge in [0.05, 0.1) is 19.3 Å². The lowest BCUT2D eigenvalue weighted by atomic mass is 9.93. The van der Waals surface area contributed by atoms with Crippen molar-refractivity contribution in [1.29, 1.82) is 0 Å². The summed E-state index contributed by atoms with van der Waals surface area (Å²) in [5.41, 5.74) is 2.33. The van der Waals surface area contributed by atoms with Crippen molar-refractivity contribution >= 4 is 0 Å². The second-order valence-corrected chi connectivity index (χ2v) is 8.43. The minimum absolute atomic E-state index is 0.202. The highest BCUT2D eigenvalue weighted by molar-refractivity contribution is 5.20. The number of ether oxygens (including phenoxy) is 1. The molecule has 156 valence electrons. The molecule has 0 spiro atoms. The summed E-state index contributed by atoms with van der Waals surface area (Å²) in [5.74, 6) is -0.202. The van der Waals surface area contributed by atoms with Crippen LogP contribution in [0.5, 0.6) is 0 Å². The van der Waals surface area contributed by atoms with E-state index < -0.39 is 0 Å². The van der Waals surface area contributed by atoms with Crippen molar-refractivity contribution in [3.8, 4) is 0 Å². The Hall–Kier alpha value is -1.75. The SMILES string of the molecule is Fc1ccc(COCC(c2ccccc2)N2CCN(C3CCCCC3)CC2)cc1. The van der Waals surface area contributed by atoms with Crippen LogP contribution in [0.1, 0.15) is 49.3 Å². The summed E-state index contributed by atoms with van der Waals surface area (Å²) in [4.78, 5) is 5.30. The summed E-state index contributed by atoms with van der Waals surface area (Å²) in [6, 6.07) is 18.4. The zero-order chi connectivity index (χ0) is 19.9. The monoisotopic (exact) mass is 396 g/mol. The molecule has 2 aromatic carbocycles. The molecule has 1 unspecified atom stereocenters. The first-order valence-electron chi connectivity index (χ1n) is 11.1. The summed E-state index contributed by atoms with van der Waals surface area (Å²) in [6.07, 6.45) is 6.97. The normalized spacial score (nSPS) is 20.6. The lowest BCUT2D eigenvalue weighted by Crippen LogP contribution is -2.52. The van der Waals surface area contributed by atoms with Crippen LogP contribution in [0.15, 0.2) is 54.6 Å². The van der Waals surface area contributed by atoms with Gasteiger partial charge in [0.15, 0.2) is 0 Å². The minimum Gasteiger partial charge on any atom is -0.375 e. The number of benzene rings is 2. The van der Waals surface area contributed by atoms with E-state index in [-0.39, 0.29) is 11.9 Å². The molecule has 2 aromatic rings. The zero-order valence-electron chi connectivity index (χ0n) is 17.3. The quantitative estimate of drug-likeness (QED) is 0.653. The first-order chi connectivity index (χ1) is 14.3. The third-order valence-electron chi connectivity index (χ3n) is 6.52. The molecule has 1 saturated heterocycles. The van der Waals surface area contributed by atoms with Crippen LogP contribution in [0.25, 0.3) is 0 Å². The van der Waals surface area contributed by atoms with Crippen LogP contribution >= 0.6 is 0 Å². The van der Waals surface area contributed by atoms with E-state index in [2.05, 4.69) is 40.1 Å². The second-order valence-electron chi connectivity index (χ2n) is 8.43. The Bertz CT molecular complexity index is 722. The molecule has 0 N–H and O–H groups in total. The predicted molar refractivity (Wildman–Crippen MR) is 115 cm³/mol. The summed E-state index contributed by atoms with van der Waals surface area (Å²) < 4.78 is 19.2. The fourth-order valence-electron chi connectivity index (χ4n) is 4.82. The van der Waals surface area contributed by atoms with Crippen LogP contribution in [0, 0.1) is 5.82 Å². The average molecular weight is 397 g/mol. The number of piperazine rings is 1. The first kappa shape index (κ1) is 20.5. The largest absolute Gasteiger partial charge is 0.375 e. The number of nitrogens with zero attached hydrogens (tertiary/aromatic N) is 2. The lowest BCUT2D eigenvalue weighted by molar-refractivity contribution is 0.0113. The van der Waals surface area contributed by atoms with Gasteiger partial charge in [-0.2, -0.15) is 0 Å². The molecule has 1 aliphatic carbocycles. The summed E-state index contributed by atoms with van der Waals surface area (Å²) in [7, 11) is 0. The predicted octanol–water partition coefficient (Wildman–Crippen LogP) is 5.03. The van der Waals surface area contributed by atoms with Gasteiger partial charge in [-0.1, -0.05) is 61.7 Å². The fraction of sp³-hybridized carbons (Fsp3) is 0.520. The van der Waals surface area contributed by atoms with Crippen LogP contribution in [0.4, 0.5) is 4.39 Å². The molecule has 1 atom stereocenters. The van der Waals surface area contributed by atoms with E-state index in [4.69, 9.17) is 4.74 Å². The van der Waals surface area contributed by atoms with E-state index in [1.54, 1.807) is 12.1 Å². The lowest BCUT2D eigenvalue weighted by Gasteiger charge is -2.43. The van der Waals surface area contributed by atoms with Crippen molar-refractivity contribution in [2.24, 2.45) is 0 Å². The van der Waals surface area contributed by atoms with E-state index in [1.807, 2.05) is 0 Å². The molecule has 0 radical (unpaired) electrons. The molecule has 4 heteroatoms. The molecule has 1 saturated carbocycles. The fourth-order valence-corrected chi connectivity index (χ4v) is 4.82. The van der Waals surface area contributed by atoms with Gasteiger partial charge in [0.25, 0.3) is 0 Å². The van der Waals surface area contributed by atoms with Gasteiger partial charge < -0.3 is 4.74 Å². The summed E-state index contributed by atoms with van der Waals surface area (Å²) in [6.45, 7) is 5.68. The number of halogens is 1. The van der Waals surface area contributed by atoms with E-state index in [0.29, 0.717) is 13.2 Å². The maximum absolute atomic E-state index is 13.1. The third kappa shape index (κ3) is 5.65. The van der Waals surface area contributed by atoms with Gasteiger partial charge >= 0.3 is 0 Å². The van der Waals surface area contributed by atoms with Crippen molar-refractivity contribution in [2.75, 3.05) is 32.8 Å². The van der Waals surface area contributed by atoms with E-state index in [1.165, 1.54) is 49.8 Å². The van der Waals surface area contributed by atoms with Gasteiger partial charge in [-0.15, -0.1) is 0 Å². The van der Waals surface area contributed by atoms with Crippen LogP contribution in [0.2, 0.25) is 0 Å². The van der Waals surface area contributed by atoms with E-state index >= 15 is 0 Å². The zero-order valence-corrected chi connectivity index (χ0v) is 17.3. The van der Waals surface area contributed by atoms with E-state index in [0.717, 1.165) is 37.8 Å². The molecule has 1 aliphatic heterocycles. The smallest absolute Gasteiger partial charge is 0.123 e. The highest BCUT2D eigenvalue weighted by atomic mass is 19.1. The van der Waals surface area contributed by atoms with Crippen LogP contribution in [-0.2, 0) is 11.3 Å². The van der Waals surface area contributed by atoms with Gasteiger partial charge in [-0.25, -0.2) is 4.39 Å². The summed E-state index contributed by atoms with van der Waals surface area (Å²) >= 11 is 0. The Morgan fingerprint density at radius 2 is 1.55 bits per heavy atom. The maximum atomic E-state index is 13.1. The Morgan fingerprint density at radius 3 is 2.24 bits per heavy atom. The summed E-state index contributed by atoms with van der Waals surface area (Å²) in [5, 5.41) is 0. The number of hydrogen-bond acceptors (Lipinski definition) is 3. The van der Waals surface area contributed by atoms with Gasteiger partial charge in [0, 0.05) is 32.2 Å². The molecule has 1 heterocycles. The Kier molecular flexibility index (Phi) is 7.31. The minimum atomic E-state index is -0.202. The Morgan fingerprint density at radius 1 is 0.862 bits per heavy atom. The van der Waals surface area contributed by atoms with Crippen molar-refractivity contribution in [3.05, 3.63) is 71.5 Å². The third-order valence-corrected chi connectivity index (χ3v) is 6.52. The second kappa shape index (κ2) is 10.3. The van der Waals surface area contributed by atoms with Crippen LogP contribution in [0.3, 0.4) is 0 Å². The van der Waals surface area contributed by atoms with Gasteiger partial charge in [-0.3, -0.25) is 9.80 Å². The highest BCUT2D eigenvalue weighted by Gasteiger charge is 2.29. The first-order valence-corrected chi connectivity index (χ1v) is 11.1. The topological polar surface area (TPSA) is 15.7 Å². The number of rotatable bonds is 7. The molecule has 0 bridgehead atoms. The van der Waals surface area contributed by atoms with Crippen molar-refractivity contribution < 1.29 is 9.13 Å². The van der Waals surface area contributed by atoms with Crippen molar-refractivity contribution in [2.45, 2.75) is 50.8 Å². The molecular weight excluding hydrogens is 363 g/mol. The average Bonchev–Trinajstić information content (AvgIpc) is 2.79. The molecule has 2 aliphatic rings. The molecule has 29 heavy (non-hydrogen) atoms. The Labute approximate surface area is 174 Å². The van der Waals surface area contributed by atoms with Gasteiger partial charge in [0.1, 0.15) is 5.82 Å². The molecule has 3 nitrogen and oxygen atoms in total. The number of hydrogen-bond donors (Lipinski definition) is 0. The van der Waals surface area contributed by atoms with Crippen LogP contribution < -0.4 is 0 Å². The molecule has 2 fully saturated rings.